The lowest BCUT2D eigenvalue weighted by Gasteiger charge is -2.07. The van der Waals surface area contributed by atoms with Crippen LogP contribution in [0.1, 0.15) is 13.3 Å². The van der Waals surface area contributed by atoms with Crippen LogP contribution in [0.25, 0.3) is 0 Å². The maximum Gasteiger partial charge on any atom is 0.351 e. The van der Waals surface area contributed by atoms with E-state index >= 15 is 0 Å². The van der Waals surface area contributed by atoms with Crippen LogP contribution in [0.2, 0.25) is 0 Å². The molecular weight excluding hydrogens is 240 g/mol. The van der Waals surface area contributed by atoms with E-state index in [1.165, 1.54) is 4.03 Å². The molecule has 0 amide bonds. The second-order valence-electron chi connectivity index (χ2n) is 2.13. The summed E-state index contributed by atoms with van der Waals surface area (Å²) >= 11 is 3.08. The van der Waals surface area contributed by atoms with Crippen LogP contribution in [0.4, 0.5) is 0 Å². The van der Waals surface area contributed by atoms with E-state index in [0.29, 0.717) is 19.6 Å². The van der Waals surface area contributed by atoms with Crippen molar-refractivity contribution in [1.29, 1.82) is 0 Å². The zero-order valence-electron chi connectivity index (χ0n) is 7.44. The zero-order valence-corrected chi connectivity index (χ0v) is 9.03. The van der Waals surface area contributed by atoms with E-state index in [9.17, 15) is 4.79 Å². The fourth-order valence-corrected chi connectivity index (χ4v) is 0.891. The number of rotatable bonds is 6. The quantitative estimate of drug-likeness (QED) is 0.324. The van der Waals surface area contributed by atoms with Crippen molar-refractivity contribution < 1.29 is 14.6 Å². The molecule has 6 heteroatoms. The third-order valence-corrected chi connectivity index (χ3v) is 1.61. The highest BCUT2D eigenvalue weighted by atomic mass is 79.9. The lowest BCUT2D eigenvalue weighted by Crippen LogP contribution is -2.11. The number of ether oxygens (including phenoxy) is 1. The molecule has 0 aliphatic heterocycles. The Morgan fingerprint density at radius 2 is 2.46 bits per heavy atom. The van der Waals surface area contributed by atoms with Gasteiger partial charge in [0.1, 0.15) is 6.21 Å². The van der Waals surface area contributed by atoms with Crippen LogP contribution >= 0.6 is 16.1 Å². The number of hydrogen-bond donors (Lipinski definition) is 1. The normalized spacial score (nSPS) is 10.4. The van der Waals surface area contributed by atoms with E-state index in [0.717, 1.165) is 6.21 Å². The molecule has 0 saturated heterocycles. The topological polar surface area (TPSA) is 62.1 Å². The van der Waals surface area contributed by atoms with Crippen molar-refractivity contribution in [2.45, 2.75) is 13.3 Å². The number of carbonyl (C=O) groups is 1. The maximum atomic E-state index is 10.8. The first-order valence-corrected chi connectivity index (χ1v) is 4.66. The Morgan fingerprint density at radius 1 is 1.77 bits per heavy atom. The smallest absolute Gasteiger partial charge is 0.351 e. The lowest BCUT2D eigenvalue weighted by atomic mass is 10.5. The Labute approximate surface area is 85.7 Å². The first-order chi connectivity index (χ1) is 6.20. The summed E-state index contributed by atoms with van der Waals surface area (Å²) in [6, 6.07) is 0. The first-order valence-electron chi connectivity index (χ1n) is 3.95. The van der Waals surface area contributed by atoms with Gasteiger partial charge in [-0.3, -0.25) is 0 Å². The molecule has 0 aromatic rings. The minimum Gasteiger partial charge on any atom is -0.462 e. The van der Waals surface area contributed by atoms with Crippen molar-refractivity contribution in [2.24, 2.45) is 5.10 Å². The summed E-state index contributed by atoms with van der Waals surface area (Å²) in [5, 5.41) is 12.2. The van der Waals surface area contributed by atoms with Crippen LogP contribution in [0, 0.1) is 0 Å². The third kappa shape index (κ3) is 7.73. The van der Waals surface area contributed by atoms with E-state index in [-0.39, 0.29) is 6.61 Å². The molecule has 0 saturated carbocycles. The minimum atomic E-state index is -0.476. The summed E-state index contributed by atoms with van der Waals surface area (Å²) < 4.78 is 6.00. The first kappa shape index (κ1) is 12.4. The molecule has 76 valence electrons. The third-order valence-electron chi connectivity index (χ3n) is 1.08. The SMILES string of the molecule is CCOC(=O)/C=N\N(Br)CCCO. The van der Waals surface area contributed by atoms with Crippen LogP contribution in [0.5, 0.6) is 0 Å². The van der Waals surface area contributed by atoms with Crippen molar-refractivity contribution in [2.75, 3.05) is 19.8 Å². The standard InChI is InChI=1S/C7H13BrN2O3/c1-2-13-7(12)6-9-10(8)4-3-5-11/h6,11H,2-5H2,1H3/b9-6-. The van der Waals surface area contributed by atoms with Gasteiger partial charge in [0.2, 0.25) is 0 Å². The molecule has 0 atom stereocenters. The van der Waals surface area contributed by atoms with Crippen molar-refractivity contribution in [3.05, 3.63) is 0 Å². The number of nitrogens with zero attached hydrogens (tertiary/aromatic N) is 2. The van der Waals surface area contributed by atoms with Crippen LogP contribution in [0.3, 0.4) is 0 Å². The Bertz CT molecular complexity index is 175. The molecule has 0 aliphatic carbocycles. The van der Waals surface area contributed by atoms with Crippen LogP contribution < -0.4 is 0 Å². The Hall–Kier alpha value is -0.620. The highest BCUT2D eigenvalue weighted by Gasteiger charge is 1.97. The van der Waals surface area contributed by atoms with Crippen LogP contribution in [0.15, 0.2) is 5.10 Å². The van der Waals surface area contributed by atoms with E-state index in [2.05, 4.69) is 26.0 Å². The van der Waals surface area contributed by atoms with Crippen molar-refractivity contribution >= 4 is 28.3 Å². The molecule has 0 unspecified atom stereocenters. The summed E-state index contributed by atoms with van der Waals surface area (Å²) in [5.41, 5.74) is 0. The minimum absolute atomic E-state index is 0.0943. The van der Waals surface area contributed by atoms with Gasteiger partial charge in [0.05, 0.1) is 29.3 Å². The average molecular weight is 253 g/mol. The average Bonchev–Trinajstić information content (AvgIpc) is 2.12. The number of esters is 1. The largest absolute Gasteiger partial charge is 0.462 e. The zero-order chi connectivity index (χ0) is 10.1. The van der Waals surface area contributed by atoms with Gasteiger partial charge in [-0.25, -0.2) is 8.83 Å². The predicted molar refractivity (Wildman–Crippen MR) is 52.5 cm³/mol. The van der Waals surface area contributed by atoms with Gasteiger partial charge in [-0.15, -0.1) is 0 Å². The Morgan fingerprint density at radius 3 is 3.00 bits per heavy atom. The fraction of sp³-hybridized carbons (Fsp3) is 0.714. The van der Waals surface area contributed by atoms with Crippen LogP contribution in [-0.4, -0.2) is 41.1 Å². The number of aliphatic hydroxyl groups excluding tert-OH is 1. The highest BCUT2D eigenvalue weighted by Crippen LogP contribution is 1.98. The molecule has 0 fully saturated rings. The predicted octanol–water partition coefficient (Wildman–Crippen LogP) is 0.530. The molecule has 13 heavy (non-hydrogen) atoms. The van der Waals surface area contributed by atoms with Gasteiger partial charge in [-0.1, -0.05) is 0 Å². The van der Waals surface area contributed by atoms with Gasteiger partial charge in [-0.05, 0) is 13.3 Å². The molecule has 0 radical (unpaired) electrons. The Kier molecular flexibility index (Phi) is 7.62. The summed E-state index contributed by atoms with van der Waals surface area (Å²) in [6.07, 6.45) is 1.67. The molecule has 0 aromatic carbocycles. The van der Waals surface area contributed by atoms with Gasteiger partial charge in [-0.2, -0.15) is 5.10 Å². The molecule has 1 N–H and O–H groups in total. The number of hydrazone groups is 1. The Balaban J connectivity index is 3.62. The van der Waals surface area contributed by atoms with E-state index in [1.54, 1.807) is 6.92 Å². The molecule has 0 heterocycles. The van der Waals surface area contributed by atoms with Gasteiger partial charge in [0, 0.05) is 6.61 Å². The summed E-state index contributed by atoms with van der Waals surface area (Å²) in [5.74, 6) is -0.476. The van der Waals surface area contributed by atoms with Gasteiger partial charge >= 0.3 is 5.97 Å². The molecule has 0 rings (SSSR count). The van der Waals surface area contributed by atoms with E-state index in [4.69, 9.17) is 5.11 Å². The number of hydrogen-bond acceptors (Lipinski definition) is 5. The van der Waals surface area contributed by atoms with Gasteiger partial charge in [0.25, 0.3) is 0 Å². The summed E-state index contributed by atoms with van der Waals surface area (Å²) in [6.45, 7) is 2.69. The fourth-order valence-electron chi connectivity index (χ4n) is 0.548. The van der Waals surface area contributed by atoms with Crippen LogP contribution in [-0.2, 0) is 9.53 Å². The van der Waals surface area contributed by atoms with Gasteiger partial charge < -0.3 is 9.84 Å². The number of aliphatic hydroxyl groups is 1. The molecule has 0 aromatic heterocycles. The van der Waals surface area contributed by atoms with Gasteiger partial charge in [0.15, 0.2) is 0 Å². The maximum absolute atomic E-state index is 10.8. The van der Waals surface area contributed by atoms with Crippen molar-refractivity contribution in [1.82, 2.24) is 4.03 Å². The van der Waals surface area contributed by atoms with Crippen molar-refractivity contribution in [3.8, 4) is 0 Å². The number of halogens is 1. The lowest BCUT2D eigenvalue weighted by molar-refractivity contribution is -0.134. The number of carbonyl (C=O) groups excluding carboxylic acids is 1. The molecule has 0 aliphatic rings. The summed E-state index contributed by atoms with van der Waals surface area (Å²) in [4.78, 5) is 10.8. The molecule has 0 bridgehead atoms. The monoisotopic (exact) mass is 252 g/mol. The second-order valence-corrected chi connectivity index (χ2v) is 2.95. The van der Waals surface area contributed by atoms with Crippen molar-refractivity contribution in [3.63, 3.8) is 0 Å². The molecule has 0 spiro atoms. The summed E-state index contributed by atoms with van der Waals surface area (Å²) in [7, 11) is 0. The molecule has 5 nitrogen and oxygen atoms in total. The molecular formula is C7H13BrN2O3. The second kappa shape index (κ2) is 8.00. The van der Waals surface area contributed by atoms with E-state index < -0.39 is 5.97 Å². The highest BCUT2D eigenvalue weighted by molar-refractivity contribution is 9.07. The van der Waals surface area contributed by atoms with E-state index in [1.807, 2.05) is 0 Å².